The summed E-state index contributed by atoms with van der Waals surface area (Å²) in [6.45, 7) is 10.3. The van der Waals surface area contributed by atoms with Gasteiger partial charge in [0.1, 0.15) is 5.78 Å². The molecule has 0 aliphatic rings. The van der Waals surface area contributed by atoms with Crippen molar-refractivity contribution < 1.29 is 4.79 Å². The van der Waals surface area contributed by atoms with Crippen LogP contribution in [0.3, 0.4) is 0 Å². The first kappa shape index (κ1) is 11.0. The van der Waals surface area contributed by atoms with E-state index >= 15 is 0 Å². The van der Waals surface area contributed by atoms with Crippen molar-refractivity contribution in [1.29, 1.82) is 0 Å². The first-order valence-corrected chi connectivity index (χ1v) is 4.95. The molecule has 0 amide bonds. The number of hydrogen-bond donors (Lipinski definition) is 0. The van der Waals surface area contributed by atoms with Crippen LogP contribution in [0.25, 0.3) is 0 Å². The fraction of sp³-hybridized carbons (Fsp3) is 0.889. The molecule has 0 aliphatic heterocycles. The molecule has 0 unspecified atom stereocenters. The van der Waals surface area contributed by atoms with Crippen LogP contribution in [0.4, 0.5) is 0 Å². The molecule has 66 valence electrons. The number of carbonyl (C=O) groups excluding carboxylic acids is 1. The second-order valence-corrected chi connectivity index (χ2v) is 5.86. The SMILES string of the molecule is CCC(=O)[C@@H](C)SC(C)(C)C. The van der Waals surface area contributed by atoms with Crippen LogP contribution >= 0.6 is 11.8 Å². The third kappa shape index (κ3) is 5.31. The van der Waals surface area contributed by atoms with Crippen LogP contribution in [0.2, 0.25) is 0 Å². The first-order chi connectivity index (χ1) is 4.87. The highest BCUT2D eigenvalue weighted by Gasteiger charge is 2.19. The lowest BCUT2D eigenvalue weighted by atomic mass is 10.2. The van der Waals surface area contributed by atoms with E-state index in [9.17, 15) is 4.79 Å². The number of ketones is 1. The normalized spacial score (nSPS) is 14.6. The van der Waals surface area contributed by atoms with E-state index in [1.54, 1.807) is 11.8 Å². The van der Waals surface area contributed by atoms with E-state index in [4.69, 9.17) is 0 Å². The predicted octanol–water partition coefficient (Wildman–Crippen LogP) is 2.89. The van der Waals surface area contributed by atoms with Crippen molar-refractivity contribution in [2.24, 2.45) is 0 Å². The van der Waals surface area contributed by atoms with Gasteiger partial charge in [-0.2, -0.15) is 0 Å². The van der Waals surface area contributed by atoms with E-state index in [0.717, 1.165) is 0 Å². The molecule has 0 aromatic carbocycles. The minimum Gasteiger partial charge on any atom is -0.298 e. The Kier molecular flexibility index (Phi) is 4.16. The molecule has 2 heteroatoms. The molecule has 11 heavy (non-hydrogen) atoms. The quantitative estimate of drug-likeness (QED) is 0.654. The summed E-state index contributed by atoms with van der Waals surface area (Å²) in [6.07, 6.45) is 0.657. The Bertz CT molecular complexity index is 135. The monoisotopic (exact) mass is 174 g/mol. The molecule has 0 spiro atoms. The molecule has 0 N–H and O–H groups in total. The molecular formula is C9H18OS. The number of hydrogen-bond acceptors (Lipinski definition) is 2. The molecule has 0 saturated heterocycles. The molecular weight excluding hydrogens is 156 g/mol. The van der Waals surface area contributed by atoms with Gasteiger partial charge in [0.05, 0.1) is 5.25 Å². The van der Waals surface area contributed by atoms with Crippen molar-refractivity contribution in [3.05, 3.63) is 0 Å². The minimum absolute atomic E-state index is 0.153. The summed E-state index contributed by atoms with van der Waals surface area (Å²) >= 11 is 1.74. The largest absolute Gasteiger partial charge is 0.298 e. The van der Waals surface area contributed by atoms with Gasteiger partial charge in [-0.05, 0) is 6.92 Å². The van der Waals surface area contributed by atoms with Gasteiger partial charge in [-0.3, -0.25) is 4.79 Å². The molecule has 0 rings (SSSR count). The van der Waals surface area contributed by atoms with Crippen molar-refractivity contribution in [3.8, 4) is 0 Å². The summed E-state index contributed by atoms with van der Waals surface area (Å²) < 4.78 is 0.199. The van der Waals surface area contributed by atoms with E-state index in [-0.39, 0.29) is 10.00 Å². The van der Waals surface area contributed by atoms with Gasteiger partial charge in [-0.1, -0.05) is 27.7 Å². The lowest BCUT2D eigenvalue weighted by molar-refractivity contribution is -0.118. The van der Waals surface area contributed by atoms with E-state index in [2.05, 4.69) is 20.8 Å². The van der Waals surface area contributed by atoms with E-state index < -0.39 is 0 Å². The molecule has 0 aromatic rings. The highest BCUT2D eigenvalue weighted by Crippen LogP contribution is 2.28. The Balaban J connectivity index is 3.87. The van der Waals surface area contributed by atoms with E-state index in [0.29, 0.717) is 12.2 Å². The maximum absolute atomic E-state index is 11.2. The average molecular weight is 174 g/mol. The predicted molar refractivity (Wildman–Crippen MR) is 52.1 cm³/mol. The second kappa shape index (κ2) is 4.15. The molecule has 0 heterocycles. The van der Waals surface area contributed by atoms with Gasteiger partial charge in [0, 0.05) is 11.2 Å². The zero-order chi connectivity index (χ0) is 9.07. The maximum Gasteiger partial charge on any atom is 0.145 e. The van der Waals surface area contributed by atoms with E-state index in [1.807, 2.05) is 13.8 Å². The third-order valence-corrected chi connectivity index (χ3v) is 2.66. The summed E-state index contributed by atoms with van der Waals surface area (Å²) in [4.78, 5) is 11.2. The van der Waals surface area contributed by atoms with Crippen LogP contribution in [0.15, 0.2) is 0 Å². The summed E-state index contributed by atoms with van der Waals surface area (Å²) in [5.41, 5.74) is 0. The Hall–Kier alpha value is 0.0200. The van der Waals surface area contributed by atoms with Gasteiger partial charge < -0.3 is 0 Å². The summed E-state index contributed by atoms with van der Waals surface area (Å²) in [7, 11) is 0. The standard InChI is InChI=1S/C9H18OS/c1-6-8(10)7(2)11-9(3,4)5/h7H,6H2,1-5H3/t7-/m1/s1. The fourth-order valence-electron chi connectivity index (χ4n) is 0.884. The van der Waals surface area contributed by atoms with Crippen LogP contribution in [0, 0.1) is 0 Å². The molecule has 0 aromatic heterocycles. The van der Waals surface area contributed by atoms with Crippen LogP contribution in [-0.2, 0) is 4.79 Å². The second-order valence-electron chi connectivity index (χ2n) is 3.69. The Morgan fingerprint density at radius 2 is 1.91 bits per heavy atom. The van der Waals surface area contributed by atoms with E-state index in [1.165, 1.54) is 0 Å². The zero-order valence-corrected chi connectivity index (χ0v) is 8.92. The van der Waals surface area contributed by atoms with Crippen LogP contribution in [-0.4, -0.2) is 15.8 Å². The minimum atomic E-state index is 0.153. The number of carbonyl (C=O) groups is 1. The van der Waals surface area contributed by atoms with Crippen molar-refractivity contribution in [3.63, 3.8) is 0 Å². The fourth-order valence-corrected chi connectivity index (χ4v) is 2.24. The molecule has 0 aliphatic carbocycles. The number of Topliss-reactive ketones (excluding diaryl/α,β-unsaturated/α-hetero) is 1. The molecule has 0 bridgehead atoms. The topological polar surface area (TPSA) is 17.1 Å². The molecule has 1 atom stereocenters. The van der Waals surface area contributed by atoms with Gasteiger partial charge in [0.15, 0.2) is 0 Å². The average Bonchev–Trinajstić information content (AvgIpc) is 1.82. The van der Waals surface area contributed by atoms with Crippen molar-refractivity contribution in [1.82, 2.24) is 0 Å². The lowest BCUT2D eigenvalue weighted by Gasteiger charge is -2.21. The van der Waals surface area contributed by atoms with Gasteiger partial charge in [-0.15, -0.1) is 11.8 Å². The van der Waals surface area contributed by atoms with Crippen molar-refractivity contribution in [2.75, 3.05) is 0 Å². The number of rotatable bonds is 3. The summed E-state index contributed by atoms with van der Waals surface area (Å²) in [5.74, 6) is 0.352. The van der Waals surface area contributed by atoms with Gasteiger partial charge >= 0.3 is 0 Å². The first-order valence-electron chi connectivity index (χ1n) is 4.07. The Morgan fingerprint density at radius 1 is 1.45 bits per heavy atom. The smallest absolute Gasteiger partial charge is 0.145 e. The summed E-state index contributed by atoms with van der Waals surface area (Å²) in [5, 5.41) is 0.153. The molecule has 1 nitrogen and oxygen atoms in total. The van der Waals surface area contributed by atoms with Gasteiger partial charge in [0.2, 0.25) is 0 Å². The molecule has 0 saturated carbocycles. The van der Waals surface area contributed by atoms with Gasteiger partial charge in [0.25, 0.3) is 0 Å². The zero-order valence-electron chi connectivity index (χ0n) is 8.10. The van der Waals surface area contributed by atoms with Crippen LogP contribution in [0.1, 0.15) is 41.0 Å². The Labute approximate surface area is 73.9 Å². The van der Waals surface area contributed by atoms with Crippen molar-refractivity contribution in [2.45, 2.75) is 51.0 Å². The van der Waals surface area contributed by atoms with Crippen LogP contribution in [0.5, 0.6) is 0 Å². The third-order valence-electron chi connectivity index (χ3n) is 1.33. The highest BCUT2D eigenvalue weighted by atomic mass is 32.2. The Morgan fingerprint density at radius 3 is 2.18 bits per heavy atom. The lowest BCUT2D eigenvalue weighted by Crippen LogP contribution is -2.20. The molecule has 0 radical (unpaired) electrons. The summed E-state index contributed by atoms with van der Waals surface area (Å²) in [6, 6.07) is 0. The van der Waals surface area contributed by atoms with Crippen LogP contribution < -0.4 is 0 Å². The maximum atomic E-state index is 11.2. The number of thioether (sulfide) groups is 1. The highest BCUT2D eigenvalue weighted by molar-refractivity contribution is 8.01. The van der Waals surface area contributed by atoms with Gasteiger partial charge in [-0.25, -0.2) is 0 Å². The van der Waals surface area contributed by atoms with Crippen molar-refractivity contribution >= 4 is 17.5 Å². The molecule has 0 fully saturated rings.